The number of rotatable bonds is 4. The van der Waals surface area contributed by atoms with Gasteiger partial charge in [-0.25, -0.2) is 0 Å². The molecule has 0 unspecified atom stereocenters. The van der Waals surface area contributed by atoms with Crippen molar-refractivity contribution in [3.05, 3.63) is 0 Å². The lowest BCUT2D eigenvalue weighted by Gasteiger charge is -2.00. The standard InChI is InChI=1S/C7H12O4.C2H6/c1-3-10-6(8)5-7(9)11-4-2;1-2/h3-5H2,1-2H3;1-2H3. The van der Waals surface area contributed by atoms with Gasteiger partial charge in [0, 0.05) is 0 Å². The van der Waals surface area contributed by atoms with Crippen LogP contribution in [0.3, 0.4) is 0 Å². The van der Waals surface area contributed by atoms with Gasteiger partial charge < -0.3 is 9.47 Å². The normalized spacial score (nSPS) is 8.00. The first-order valence-corrected chi connectivity index (χ1v) is 4.52. The zero-order valence-corrected chi connectivity index (χ0v) is 8.75. The van der Waals surface area contributed by atoms with Crippen LogP contribution in [0.15, 0.2) is 0 Å². The lowest BCUT2D eigenvalue weighted by atomic mass is 10.4. The summed E-state index contributed by atoms with van der Waals surface area (Å²) in [5, 5.41) is 0. The third kappa shape index (κ3) is 10.9. The van der Waals surface area contributed by atoms with Crippen molar-refractivity contribution < 1.29 is 19.1 Å². The highest BCUT2D eigenvalue weighted by Crippen LogP contribution is 1.89. The second-order valence-corrected chi connectivity index (χ2v) is 1.79. The lowest BCUT2D eigenvalue weighted by molar-refractivity contribution is -0.153. The Balaban J connectivity index is 0. The predicted molar refractivity (Wildman–Crippen MR) is 49.2 cm³/mol. The molecule has 4 nitrogen and oxygen atoms in total. The number of ether oxygens (including phenoxy) is 2. The van der Waals surface area contributed by atoms with Gasteiger partial charge in [-0.3, -0.25) is 9.59 Å². The van der Waals surface area contributed by atoms with Gasteiger partial charge in [-0.1, -0.05) is 13.8 Å². The summed E-state index contributed by atoms with van der Waals surface area (Å²) in [6.45, 7) is 7.95. The fourth-order valence-corrected chi connectivity index (χ4v) is 0.542. The van der Waals surface area contributed by atoms with Crippen LogP contribution in [0.1, 0.15) is 34.1 Å². The molecule has 0 rings (SSSR count). The Morgan fingerprint density at radius 3 is 1.46 bits per heavy atom. The number of hydrogen-bond donors (Lipinski definition) is 0. The molecule has 0 amide bonds. The molecule has 0 bridgehead atoms. The van der Waals surface area contributed by atoms with Gasteiger partial charge in [-0.05, 0) is 13.8 Å². The van der Waals surface area contributed by atoms with Crippen molar-refractivity contribution in [3.63, 3.8) is 0 Å². The van der Waals surface area contributed by atoms with Crippen LogP contribution in [-0.4, -0.2) is 25.2 Å². The van der Waals surface area contributed by atoms with Gasteiger partial charge in [-0.15, -0.1) is 0 Å². The highest BCUT2D eigenvalue weighted by atomic mass is 16.5. The van der Waals surface area contributed by atoms with E-state index < -0.39 is 11.9 Å². The van der Waals surface area contributed by atoms with Crippen LogP contribution in [0.5, 0.6) is 0 Å². The van der Waals surface area contributed by atoms with Gasteiger partial charge in [0.05, 0.1) is 13.2 Å². The van der Waals surface area contributed by atoms with Gasteiger partial charge in [0.25, 0.3) is 0 Å². The first kappa shape index (κ1) is 14.5. The van der Waals surface area contributed by atoms with Crippen molar-refractivity contribution in [2.45, 2.75) is 34.1 Å². The fraction of sp³-hybridized carbons (Fsp3) is 0.778. The van der Waals surface area contributed by atoms with Crippen molar-refractivity contribution in [2.75, 3.05) is 13.2 Å². The Morgan fingerprint density at radius 1 is 0.923 bits per heavy atom. The highest BCUT2D eigenvalue weighted by molar-refractivity contribution is 5.91. The molecular formula is C9H18O4. The first-order chi connectivity index (χ1) is 6.20. The van der Waals surface area contributed by atoms with Crippen LogP contribution in [0.2, 0.25) is 0 Å². The summed E-state index contributed by atoms with van der Waals surface area (Å²) < 4.78 is 9.04. The summed E-state index contributed by atoms with van der Waals surface area (Å²) in [7, 11) is 0. The van der Waals surface area contributed by atoms with E-state index in [4.69, 9.17) is 0 Å². The number of esters is 2. The highest BCUT2D eigenvalue weighted by Gasteiger charge is 2.09. The van der Waals surface area contributed by atoms with Crippen LogP contribution >= 0.6 is 0 Å². The summed E-state index contributed by atoms with van der Waals surface area (Å²) >= 11 is 0. The predicted octanol–water partition coefficient (Wildman–Crippen LogP) is 1.53. The van der Waals surface area contributed by atoms with E-state index in [9.17, 15) is 9.59 Å². The molecule has 0 aromatic rings. The van der Waals surface area contributed by atoms with Crippen LogP contribution in [0, 0.1) is 0 Å². The summed E-state index contributed by atoms with van der Waals surface area (Å²) in [4.78, 5) is 21.2. The molecule has 0 aliphatic carbocycles. The minimum absolute atomic E-state index is 0.290. The van der Waals surface area contributed by atoms with E-state index in [0.29, 0.717) is 0 Å². The molecule has 0 spiro atoms. The molecule has 0 atom stereocenters. The Kier molecular flexibility index (Phi) is 12.2. The van der Waals surface area contributed by atoms with Crippen molar-refractivity contribution >= 4 is 11.9 Å². The van der Waals surface area contributed by atoms with E-state index in [0.717, 1.165) is 0 Å². The monoisotopic (exact) mass is 190 g/mol. The van der Waals surface area contributed by atoms with Gasteiger partial charge in [0.2, 0.25) is 0 Å². The molecule has 0 heterocycles. The quantitative estimate of drug-likeness (QED) is 0.498. The Labute approximate surface area is 79.2 Å². The van der Waals surface area contributed by atoms with E-state index in [1.54, 1.807) is 13.8 Å². The number of carbonyl (C=O) groups excluding carboxylic acids is 2. The van der Waals surface area contributed by atoms with Crippen LogP contribution in [0.4, 0.5) is 0 Å². The maximum absolute atomic E-state index is 10.6. The van der Waals surface area contributed by atoms with Crippen molar-refractivity contribution in [1.29, 1.82) is 0 Å². The summed E-state index contributed by atoms with van der Waals surface area (Å²) in [6.07, 6.45) is -0.290. The molecule has 0 aromatic heterocycles. The lowest BCUT2D eigenvalue weighted by Crippen LogP contribution is -2.13. The summed E-state index contributed by atoms with van der Waals surface area (Å²) in [5.74, 6) is -1.07. The van der Waals surface area contributed by atoms with E-state index >= 15 is 0 Å². The van der Waals surface area contributed by atoms with E-state index in [1.165, 1.54) is 0 Å². The van der Waals surface area contributed by atoms with Gasteiger partial charge >= 0.3 is 11.9 Å². The maximum atomic E-state index is 10.6. The molecule has 0 radical (unpaired) electrons. The average Bonchev–Trinajstić information content (AvgIpc) is 2.08. The second kappa shape index (κ2) is 10.9. The summed E-state index contributed by atoms with van der Waals surface area (Å²) in [6, 6.07) is 0. The van der Waals surface area contributed by atoms with Gasteiger partial charge in [0.1, 0.15) is 6.42 Å². The molecule has 0 aromatic carbocycles. The number of hydrogen-bond acceptors (Lipinski definition) is 4. The zero-order valence-electron chi connectivity index (χ0n) is 8.75. The van der Waals surface area contributed by atoms with Crippen molar-refractivity contribution in [2.24, 2.45) is 0 Å². The second-order valence-electron chi connectivity index (χ2n) is 1.79. The molecule has 4 heteroatoms. The van der Waals surface area contributed by atoms with Gasteiger partial charge in [0.15, 0.2) is 0 Å². The smallest absolute Gasteiger partial charge is 0.317 e. The molecular weight excluding hydrogens is 172 g/mol. The Morgan fingerprint density at radius 2 is 1.23 bits per heavy atom. The molecule has 0 aliphatic rings. The minimum Gasteiger partial charge on any atom is -0.466 e. The molecule has 0 aliphatic heterocycles. The first-order valence-electron chi connectivity index (χ1n) is 4.52. The largest absolute Gasteiger partial charge is 0.466 e. The SMILES string of the molecule is CC.CCOC(=O)CC(=O)OCC. The van der Waals surface area contributed by atoms with Gasteiger partial charge in [-0.2, -0.15) is 0 Å². The summed E-state index contributed by atoms with van der Waals surface area (Å²) in [5.41, 5.74) is 0. The van der Waals surface area contributed by atoms with Crippen LogP contribution in [0.25, 0.3) is 0 Å². The third-order valence-electron chi connectivity index (χ3n) is 0.899. The van der Waals surface area contributed by atoms with Crippen molar-refractivity contribution in [3.8, 4) is 0 Å². The molecule has 0 fully saturated rings. The molecule has 78 valence electrons. The van der Waals surface area contributed by atoms with Crippen LogP contribution < -0.4 is 0 Å². The topological polar surface area (TPSA) is 52.6 Å². The average molecular weight is 190 g/mol. The van der Waals surface area contributed by atoms with E-state index in [-0.39, 0.29) is 19.6 Å². The fourth-order valence-electron chi connectivity index (χ4n) is 0.542. The van der Waals surface area contributed by atoms with Crippen LogP contribution in [-0.2, 0) is 19.1 Å². The molecule has 13 heavy (non-hydrogen) atoms. The third-order valence-corrected chi connectivity index (χ3v) is 0.899. The molecule has 0 N–H and O–H groups in total. The van der Waals surface area contributed by atoms with E-state index in [1.807, 2.05) is 13.8 Å². The Bertz CT molecular complexity index is 127. The Hall–Kier alpha value is -1.06. The van der Waals surface area contributed by atoms with Crippen molar-refractivity contribution in [1.82, 2.24) is 0 Å². The maximum Gasteiger partial charge on any atom is 0.317 e. The zero-order chi connectivity index (χ0) is 10.7. The van der Waals surface area contributed by atoms with E-state index in [2.05, 4.69) is 9.47 Å². The molecule has 0 saturated carbocycles. The number of carbonyl (C=O) groups is 2. The molecule has 0 saturated heterocycles. The minimum atomic E-state index is -0.536.